The fourth-order valence-corrected chi connectivity index (χ4v) is 5.60. The van der Waals surface area contributed by atoms with Crippen LogP contribution >= 0.6 is 11.6 Å². The number of aromatic nitrogens is 5. The second-order valence-corrected chi connectivity index (χ2v) is 11.6. The number of aliphatic hydroxyl groups excluding tert-OH is 1. The van der Waals surface area contributed by atoms with Gasteiger partial charge in [0.05, 0.1) is 18.2 Å². The lowest BCUT2D eigenvalue weighted by molar-refractivity contribution is -0.118. The molecule has 12 heteroatoms. The molecule has 1 atom stereocenters. The smallest absolute Gasteiger partial charge is 0.270 e. The van der Waals surface area contributed by atoms with Crippen LogP contribution in [0.15, 0.2) is 85.6 Å². The molecule has 2 aromatic carbocycles. The van der Waals surface area contributed by atoms with Crippen molar-refractivity contribution in [1.29, 1.82) is 0 Å². The lowest BCUT2D eigenvalue weighted by atomic mass is 9.98. The number of aryl methyl sites for hydroxylation is 2. The molecule has 0 aliphatic carbocycles. The van der Waals surface area contributed by atoms with Gasteiger partial charge < -0.3 is 25.2 Å². The van der Waals surface area contributed by atoms with E-state index in [1.54, 1.807) is 37.9 Å². The normalized spacial score (nSPS) is 13.7. The largest absolute Gasteiger partial charge is 0.396 e. The fraction of sp³-hybridized carbons (Fsp3) is 0.242. The highest BCUT2D eigenvalue weighted by Gasteiger charge is 2.27. The second kappa shape index (κ2) is 12.9. The van der Waals surface area contributed by atoms with Crippen LogP contribution in [0.2, 0.25) is 5.02 Å². The summed E-state index contributed by atoms with van der Waals surface area (Å²) >= 11 is 6.67. The number of carbonyl (C=O) groups excluding carboxylic acids is 2. The Hall–Kier alpha value is -5.00. The number of hydrogen-bond acceptors (Lipinski definition) is 7. The first-order chi connectivity index (χ1) is 21.8. The number of nitrogens with one attached hydrogen (secondary N) is 2. The maximum atomic E-state index is 13.7. The number of anilines is 2. The van der Waals surface area contributed by atoms with E-state index in [4.69, 9.17) is 11.6 Å². The Bertz CT molecular complexity index is 1830. The highest BCUT2D eigenvalue weighted by atomic mass is 35.5. The summed E-state index contributed by atoms with van der Waals surface area (Å²) in [7, 11) is 3.59. The van der Waals surface area contributed by atoms with Crippen LogP contribution in [0, 0.1) is 5.92 Å². The van der Waals surface area contributed by atoms with Gasteiger partial charge >= 0.3 is 0 Å². The molecule has 3 N–H and O–H groups in total. The number of hydrogen-bond donors (Lipinski definition) is 3. The molecule has 0 radical (unpaired) electrons. The van der Waals surface area contributed by atoms with Gasteiger partial charge in [0, 0.05) is 69.2 Å². The van der Waals surface area contributed by atoms with Crippen LogP contribution in [-0.2, 0) is 25.3 Å². The Kier molecular flexibility index (Phi) is 8.63. The molecule has 1 unspecified atom stereocenters. The zero-order valence-electron chi connectivity index (χ0n) is 24.9. The summed E-state index contributed by atoms with van der Waals surface area (Å²) in [4.78, 5) is 37.7. The molecular formula is C33H33ClN8O3. The van der Waals surface area contributed by atoms with Crippen molar-refractivity contribution in [3.63, 3.8) is 0 Å². The molecular weight excluding hydrogens is 592 g/mol. The molecule has 0 bridgehead atoms. The van der Waals surface area contributed by atoms with Crippen molar-refractivity contribution >= 4 is 34.9 Å². The van der Waals surface area contributed by atoms with Crippen molar-refractivity contribution < 1.29 is 14.7 Å². The molecule has 1 saturated heterocycles. The minimum atomic E-state index is -0.943. The van der Waals surface area contributed by atoms with Gasteiger partial charge in [-0.25, -0.2) is 9.97 Å². The number of nitrogens with zero attached hydrogens (tertiary/aromatic N) is 6. The summed E-state index contributed by atoms with van der Waals surface area (Å²) < 4.78 is 3.37. The van der Waals surface area contributed by atoms with Gasteiger partial charge in [0.2, 0.25) is 5.91 Å². The summed E-state index contributed by atoms with van der Waals surface area (Å²) in [5.41, 5.74) is 5.37. The van der Waals surface area contributed by atoms with Crippen LogP contribution in [-0.4, -0.2) is 67.0 Å². The van der Waals surface area contributed by atoms with E-state index in [2.05, 4.69) is 30.6 Å². The first kappa shape index (κ1) is 30.0. The van der Waals surface area contributed by atoms with Crippen LogP contribution in [0.1, 0.15) is 16.1 Å². The molecule has 0 saturated carbocycles. The van der Waals surface area contributed by atoms with E-state index < -0.39 is 11.9 Å². The van der Waals surface area contributed by atoms with Gasteiger partial charge in [-0.05, 0) is 64.7 Å². The number of carbonyl (C=O) groups is 2. The molecule has 4 heterocycles. The summed E-state index contributed by atoms with van der Waals surface area (Å²) in [6, 6.07) is 17.7. The fourth-order valence-electron chi connectivity index (χ4n) is 5.40. The molecule has 1 aliphatic rings. The summed E-state index contributed by atoms with van der Waals surface area (Å²) in [6.45, 7) is 1.69. The van der Waals surface area contributed by atoms with Gasteiger partial charge in [-0.2, -0.15) is 5.10 Å². The van der Waals surface area contributed by atoms with Gasteiger partial charge in [0.15, 0.2) is 0 Å². The zero-order valence-corrected chi connectivity index (χ0v) is 25.6. The van der Waals surface area contributed by atoms with E-state index in [9.17, 15) is 14.7 Å². The number of aliphatic hydroxyl groups is 1. The summed E-state index contributed by atoms with van der Waals surface area (Å²) in [5.74, 6) is 0.288. The van der Waals surface area contributed by atoms with E-state index >= 15 is 0 Å². The minimum absolute atomic E-state index is 0.150. The van der Waals surface area contributed by atoms with E-state index in [0.717, 1.165) is 41.3 Å². The average molecular weight is 625 g/mol. The van der Waals surface area contributed by atoms with E-state index in [1.807, 2.05) is 60.1 Å². The van der Waals surface area contributed by atoms with Crippen molar-refractivity contribution in [2.75, 3.05) is 29.9 Å². The number of imidazole rings is 1. The quantitative estimate of drug-likeness (QED) is 0.215. The first-order valence-corrected chi connectivity index (χ1v) is 14.9. The Labute approximate surface area is 265 Å². The molecule has 2 amide bonds. The Morgan fingerprint density at radius 2 is 1.76 bits per heavy atom. The summed E-state index contributed by atoms with van der Waals surface area (Å²) in [6.07, 6.45) is 6.95. The molecule has 230 valence electrons. The maximum absolute atomic E-state index is 13.7. The molecule has 1 aliphatic heterocycles. The first-order valence-electron chi connectivity index (χ1n) is 14.6. The van der Waals surface area contributed by atoms with Gasteiger partial charge in [-0.1, -0.05) is 29.8 Å². The van der Waals surface area contributed by atoms with Crippen molar-refractivity contribution in [3.8, 4) is 22.4 Å². The lowest BCUT2D eigenvalue weighted by Gasteiger charge is -2.39. The van der Waals surface area contributed by atoms with E-state index in [1.165, 1.54) is 10.9 Å². The topological polar surface area (TPSA) is 130 Å². The van der Waals surface area contributed by atoms with Crippen LogP contribution < -0.4 is 15.5 Å². The van der Waals surface area contributed by atoms with Crippen molar-refractivity contribution in [2.45, 2.75) is 12.5 Å². The highest BCUT2D eigenvalue weighted by molar-refractivity contribution is 6.31. The van der Waals surface area contributed by atoms with E-state index in [0.29, 0.717) is 22.0 Å². The molecule has 45 heavy (non-hydrogen) atoms. The maximum Gasteiger partial charge on any atom is 0.270 e. The third-order valence-electron chi connectivity index (χ3n) is 8.03. The SMILES string of the molecule is Cn1cncc1-c1ccc(NC(=O)C(Cc2cc(-c3ccnc(N4CC(CO)C4)c3)ccc2Cl)NC(=O)c2ccnn2C)cc1. The molecule has 1 fully saturated rings. The van der Waals surface area contributed by atoms with Gasteiger partial charge in [0.25, 0.3) is 5.91 Å². The number of benzene rings is 2. The lowest BCUT2D eigenvalue weighted by Crippen LogP contribution is -2.48. The summed E-state index contributed by atoms with van der Waals surface area (Å²) in [5, 5.41) is 19.8. The predicted octanol–water partition coefficient (Wildman–Crippen LogP) is 3.94. The monoisotopic (exact) mass is 624 g/mol. The Morgan fingerprint density at radius 3 is 2.44 bits per heavy atom. The van der Waals surface area contributed by atoms with Gasteiger partial charge in [-0.15, -0.1) is 0 Å². The Morgan fingerprint density at radius 1 is 1.00 bits per heavy atom. The number of halogens is 1. The number of rotatable bonds is 10. The van der Waals surface area contributed by atoms with E-state index in [-0.39, 0.29) is 24.9 Å². The Balaban J connectivity index is 1.24. The average Bonchev–Trinajstić information content (AvgIpc) is 3.65. The molecule has 6 rings (SSSR count). The second-order valence-electron chi connectivity index (χ2n) is 11.2. The standard InChI is InChI=1S/C33H33ClN8O3/c1-40-20-35-16-30(40)22-3-6-26(7-4-22)38-32(44)28(39-33(45)29-10-12-37-41(29)2)14-25-13-23(5-8-27(25)34)24-9-11-36-31(15-24)42-17-21(18-42)19-43/h3-13,15-16,20-21,28,43H,14,17-19H2,1-2H3,(H,38,44)(H,39,45). The minimum Gasteiger partial charge on any atom is -0.396 e. The van der Waals surface area contributed by atoms with Gasteiger partial charge in [0.1, 0.15) is 17.6 Å². The molecule has 5 aromatic rings. The third-order valence-corrected chi connectivity index (χ3v) is 8.40. The van der Waals surface area contributed by atoms with Gasteiger partial charge in [-0.3, -0.25) is 14.3 Å². The molecule has 0 spiro atoms. The van der Waals surface area contributed by atoms with Crippen LogP contribution in [0.25, 0.3) is 22.4 Å². The van der Waals surface area contributed by atoms with Crippen LogP contribution in [0.5, 0.6) is 0 Å². The third kappa shape index (κ3) is 6.59. The zero-order chi connectivity index (χ0) is 31.5. The van der Waals surface area contributed by atoms with Crippen LogP contribution in [0.4, 0.5) is 11.5 Å². The predicted molar refractivity (Wildman–Crippen MR) is 173 cm³/mol. The number of amides is 2. The number of pyridine rings is 1. The van der Waals surface area contributed by atoms with Crippen molar-refractivity contribution in [2.24, 2.45) is 20.0 Å². The van der Waals surface area contributed by atoms with Crippen molar-refractivity contribution in [1.82, 2.24) is 29.6 Å². The van der Waals surface area contributed by atoms with Crippen LogP contribution in [0.3, 0.4) is 0 Å². The van der Waals surface area contributed by atoms with Crippen molar-refractivity contribution in [3.05, 3.63) is 102 Å². The molecule has 11 nitrogen and oxygen atoms in total. The molecule has 3 aromatic heterocycles. The highest BCUT2D eigenvalue weighted by Crippen LogP contribution is 2.30.